The zero-order chi connectivity index (χ0) is 17.7. The highest BCUT2D eigenvalue weighted by atomic mass is 19.4. The Balaban J connectivity index is 1.73. The van der Waals surface area contributed by atoms with Crippen molar-refractivity contribution in [1.82, 2.24) is 4.90 Å². The fraction of sp³-hybridized carbons (Fsp3) is 0.600. The summed E-state index contributed by atoms with van der Waals surface area (Å²) in [6, 6.07) is 5.22. The lowest BCUT2D eigenvalue weighted by Crippen LogP contribution is -2.64. The molecule has 2 fully saturated rings. The minimum atomic E-state index is -4.76. The Hall–Kier alpha value is -1.39. The zero-order valence-electron chi connectivity index (χ0n) is 12.5. The highest BCUT2D eigenvalue weighted by Crippen LogP contribution is 2.49. The van der Waals surface area contributed by atoms with Crippen molar-refractivity contribution in [2.75, 3.05) is 6.54 Å². The number of hydrogen-bond donors (Lipinski definition) is 4. The van der Waals surface area contributed by atoms with Gasteiger partial charge in [-0.05, 0) is 24.1 Å². The molecule has 134 valence electrons. The summed E-state index contributed by atoms with van der Waals surface area (Å²) < 4.78 is 40.3. The van der Waals surface area contributed by atoms with Gasteiger partial charge in [-0.25, -0.2) is 0 Å². The van der Waals surface area contributed by atoms with E-state index >= 15 is 0 Å². The normalized spacial score (nSPS) is 36.8. The van der Waals surface area contributed by atoms with Gasteiger partial charge in [0.1, 0.15) is 18.0 Å². The summed E-state index contributed by atoms with van der Waals surface area (Å²) in [6.07, 6.45) is -9.16. The number of benzene rings is 1. The van der Waals surface area contributed by atoms with Crippen molar-refractivity contribution in [3.8, 4) is 5.75 Å². The average Bonchev–Trinajstić information content (AvgIpc) is 3.16. The van der Waals surface area contributed by atoms with Crippen LogP contribution in [0.15, 0.2) is 24.3 Å². The van der Waals surface area contributed by atoms with E-state index in [1.165, 1.54) is 24.3 Å². The second-order valence-corrected chi connectivity index (χ2v) is 6.29. The van der Waals surface area contributed by atoms with E-state index in [0.717, 1.165) is 0 Å². The predicted molar refractivity (Wildman–Crippen MR) is 74.9 cm³/mol. The molecule has 1 aliphatic carbocycles. The van der Waals surface area contributed by atoms with Gasteiger partial charge < -0.3 is 25.2 Å². The second kappa shape index (κ2) is 5.85. The minimum Gasteiger partial charge on any atom is -0.406 e. The van der Waals surface area contributed by atoms with Crippen LogP contribution in [0.25, 0.3) is 0 Å². The van der Waals surface area contributed by atoms with Gasteiger partial charge in [-0.2, -0.15) is 0 Å². The van der Waals surface area contributed by atoms with E-state index in [9.17, 15) is 33.6 Å². The number of β-amino-alcohol motifs (C(OH)–C–C–N with tert-alkyl or cyclic N) is 1. The van der Waals surface area contributed by atoms with Crippen LogP contribution in [0.5, 0.6) is 5.75 Å². The Bertz CT molecular complexity index is 596. The van der Waals surface area contributed by atoms with Gasteiger partial charge in [0.25, 0.3) is 0 Å². The van der Waals surface area contributed by atoms with Gasteiger partial charge in [0, 0.05) is 13.1 Å². The molecule has 4 N–H and O–H groups in total. The average molecular weight is 349 g/mol. The van der Waals surface area contributed by atoms with Crippen molar-refractivity contribution in [2.24, 2.45) is 0 Å². The molecule has 24 heavy (non-hydrogen) atoms. The quantitative estimate of drug-likeness (QED) is 0.613. The van der Waals surface area contributed by atoms with Crippen LogP contribution >= 0.6 is 0 Å². The van der Waals surface area contributed by atoms with Crippen LogP contribution in [0.3, 0.4) is 0 Å². The summed E-state index contributed by atoms with van der Waals surface area (Å²) in [6.45, 7) is 0.236. The number of alkyl halides is 3. The van der Waals surface area contributed by atoms with Crippen LogP contribution < -0.4 is 4.74 Å². The molecule has 0 radical (unpaired) electrons. The molecule has 1 aromatic rings. The Kier molecular flexibility index (Phi) is 4.25. The number of aliphatic hydroxyl groups excluding tert-OH is 4. The fourth-order valence-electron chi connectivity index (χ4n) is 3.33. The first-order valence-corrected chi connectivity index (χ1v) is 7.45. The monoisotopic (exact) mass is 349 g/mol. The molecule has 6 nitrogen and oxygen atoms in total. The SMILES string of the molecule is O[C@@H]1[C@@H](O)CN(Cc2ccc(OC(F)(F)F)cc2)C2(C[C@H]2O)[C@H]1O. The van der Waals surface area contributed by atoms with E-state index in [1.54, 1.807) is 4.90 Å². The third kappa shape index (κ3) is 3.09. The summed E-state index contributed by atoms with van der Waals surface area (Å²) in [7, 11) is 0. The van der Waals surface area contributed by atoms with Gasteiger partial charge in [-0.3, -0.25) is 4.90 Å². The predicted octanol–water partition coefficient (Wildman–Crippen LogP) is -0.0131. The first kappa shape index (κ1) is 17.4. The summed E-state index contributed by atoms with van der Waals surface area (Å²) >= 11 is 0. The third-order valence-electron chi connectivity index (χ3n) is 4.69. The maximum atomic E-state index is 12.2. The van der Waals surface area contributed by atoms with E-state index in [1.807, 2.05) is 0 Å². The van der Waals surface area contributed by atoms with Crippen molar-refractivity contribution >= 4 is 0 Å². The van der Waals surface area contributed by atoms with Crippen molar-refractivity contribution in [1.29, 1.82) is 0 Å². The molecule has 0 amide bonds. The molecule has 2 aliphatic rings. The number of nitrogens with zero attached hydrogens (tertiary/aromatic N) is 1. The highest BCUT2D eigenvalue weighted by molar-refractivity contribution is 5.29. The molecule has 0 aromatic heterocycles. The third-order valence-corrected chi connectivity index (χ3v) is 4.69. The van der Waals surface area contributed by atoms with Crippen molar-refractivity contribution in [3.63, 3.8) is 0 Å². The molecule has 1 heterocycles. The first-order chi connectivity index (χ1) is 11.1. The van der Waals surface area contributed by atoms with E-state index in [0.29, 0.717) is 5.56 Å². The lowest BCUT2D eigenvalue weighted by Gasteiger charge is -2.44. The van der Waals surface area contributed by atoms with Crippen LogP contribution in [0.4, 0.5) is 13.2 Å². The first-order valence-electron chi connectivity index (χ1n) is 7.45. The van der Waals surface area contributed by atoms with Crippen molar-refractivity contribution < 1.29 is 38.3 Å². The molecule has 1 aromatic carbocycles. The Morgan fingerprint density at radius 1 is 1.12 bits per heavy atom. The maximum absolute atomic E-state index is 12.2. The summed E-state index contributed by atoms with van der Waals surface area (Å²) in [4.78, 5) is 1.65. The van der Waals surface area contributed by atoms with Crippen LogP contribution in [-0.4, -0.2) is 68.2 Å². The standard InChI is InChI=1S/C15H18F3NO5/c16-15(17,18)24-9-3-1-8(2-4-9)6-19-7-10(20)12(22)13(23)14(19)5-11(14)21/h1-4,10-13,20-23H,5-7H2/t10-,11+,12+,13-,14?/m0/s1. The molecule has 1 saturated carbocycles. The molecule has 1 aliphatic heterocycles. The number of likely N-dealkylation sites (tertiary alicyclic amines) is 1. The van der Waals surface area contributed by atoms with Gasteiger partial charge in [-0.1, -0.05) is 12.1 Å². The van der Waals surface area contributed by atoms with Crippen LogP contribution in [0, 0.1) is 0 Å². The molecular weight excluding hydrogens is 331 g/mol. The fourth-order valence-corrected chi connectivity index (χ4v) is 3.33. The Morgan fingerprint density at radius 2 is 1.71 bits per heavy atom. The van der Waals surface area contributed by atoms with Gasteiger partial charge in [0.15, 0.2) is 0 Å². The number of rotatable bonds is 3. The highest BCUT2D eigenvalue weighted by Gasteiger charge is 2.66. The van der Waals surface area contributed by atoms with Crippen LogP contribution in [0.2, 0.25) is 0 Å². The molecular formula is C15H18F3NO5. The minimum absolute atomic E-state index is 0.0378. The number of aliphatic hydroxyl groups is 4. The second-order valence-electron chi connectivity index (χ2n) is 6.29. The van der Waals surface area contributed by atoms with Gasteiger partial charge >= 0.3 is 6.36 Å². The molecule has 9 heteroatoms. The van der Waals surface area contributed by atoms with Gasteiger partial charge in [-0.15, -0.1) is 13.2 Å². The van der Waals surface area contributed by atoms with Crippen molar-refractivity contribution in [2.45, 2.75) is 49.3 Å². The molecule has 0 bridgehead atoms. The summed E-state index contributed by atoms with van der Waals surface area (Å²) in [5, 5.41) is 39.7. The number of halogens is 3. The maximum Gasteiger partial charge on any atom is 0.573 e. The van der Waals surface area contributed by atoms with E-state index in [2.05, 4.69) is 4.74 Å². The topological polar surface area (TPSA) is 93.4 Å². The molecule has 1 saturated heterocycles. The van der Waals surface area contributed by atoms with E-state index in [4.69, 9.17) is 0 Å². The smallest absolute Gasteiger partial charge is 0.406 e. The van der Waals surface area contributed by atoms with Crippen LogP contribution in [-0.2, 0) is 6.54 Å². The Labute approximate surface area is 135 Å². The largest absolute Gasteiger partial charge is 0.573 e. The lowest BCUT2D eigenvalue weighted by molar-refractivity contribution is -0.274. The van der Waals surface area contributed by atoms with Gasteiger partial charge in [0.2, 0.25) is 0 Å². The molecule has 5 atom stereocenters. The number of piperidine rings is 1. The number of hydrogen-bond acceptors (Lipinski definition) is 6. The zero-order valence-corrected chi connectivity index (χ0v) is 12.5. The molecule has 1 unspecified atom stereocenters. The summed E-state index contributed by atoms with van der Waals surface area (Å²) in [5.74, 6) is -0.346. The number of ether oxygens (including phenoxy) is 1. The van der Waals surface area contributed by atoms with Crippen LogP contribution in [0.1, 0.15) is 12.0 Å². The van der Waals surface area contributed by atoms with Crippen molar-refractivity contribution in [3.05, 3.63) is 29.8 Å². The Morgan fingerprint density at radius 3 is 2.21 bits per heavy atom. The molecule has 1 spiro atoms. The summed E-state index contributed by atoms with van der Waals surface area (Å²) in [5.41, 5.74) is -0.404. The van der Waals surface area contributed by atoms with E-state index < -0.39 is 36.3 Å². The lowest BCUT2D eigenvalue weighted by atomic mass is 9.90. The molecule has 3 rings (SSSR count). The van der Waals surface area contributed by atoms with Gasteiger partial charge in [0.05, 0.1) is 17.7 Å². The van der Waals surface area contributed by atoms with E-state index in [-0.39, 0.29) is 25.3 Å².